The van der Waals surface area contributed by atoms with Crippen molar-refractivity contribution in [2.45, 2.75) is 44.6 Å². The minimum atomic E-state index is -3.96. The minimum Gasteiger partial charge on any atom is -0.462 e. The number of fused-ring (bicyclic) bond motifs is 1. The topological polar surface area (TPSA) is 110 Å². The number of nitrogens with one attached hydrogen (secondary N) is 1. The van der Waals surface area contributed by atoms with E-state index < -0.39 is 27.8 Å². The molecule has 2 aromatic rings. The quantitative estimate of drug-likeness (QED) is 0.704. The van der Waals surface area contributed by atoms with Gasteiger partial charge in [-0.2, -0.15) is 0 Å². The van der Waals surface area contributed by atoms with E-state index in [9.17, 15) is 22.8 Å². The van der Waals surface area contributed by atoms with Crippen molar-refractivity contribution in [3.05, 3.63) is 45.3 Å². The molecule has 0 saturated heterocycles. The third-order valence-corrected chi connectivity index (χ3v) is 8.18. The summed E-state index contributed by atoms with van der Waals surface area (Å²) < 4.78 is 31.6. The van der Waals surface area contributed by atoms with Gasteiger partial charge < -0.3 is 10.1 Å². The average molecular weight is 449 g/mol. The van der Waals surface area contributed by atoms with Crippen LogP contribution in [0, 0.1) is 13.8 Å². The first-order chi connectivity index (χ1) is 14.2. The normalized spacial score (nSPS) is 17.0. The zero-order valence-electron chi connectivity index (χ0n) is 16.6. The van der Waals surface area contributed by atoms with Gasteiger partial charge in [-0.25, -0.2) is 17.5 Å². The van der Waals surface area contributed by atoms with Gasteiger partial charge in [0.15, 0.2) is 0 Å². The summed E-state index contributed by atoms with van der Waals surface area (Å²) in [5.74, 6) is -1.65. The van der Waals surface area contributed by atoms with Crippen molar-refractivity contribution in [2.24, 2.45) is 0 Å². The van der Waals surface area contributed by atoms with Crippen molar-refractivity contribution in [1.29, 1.82) is 0 Å². The van der Waals surface area contributed by atoms with Gasteiger partial charge in [0.25, 0.3) is 21.8 Å². The van der Waals surface area contributed by atoms with Gasteiger partial charge in [0.2, 0.25) is 0 Å². The number of esters is 1. The van der Waals surface area contributed by atoms with Gasteiger partial charge >= 0.3 is 5.97 Å². The summed E-state index contributed by atoms with van der Waals surface area (Å²) in [7, 11) is -3.96. The van der Waals surface area contributed by atoms with Crippen molar-refractivity contribution in [1.82, 2.24) is 4.31 Å². The van der Waals surface area contributed by atoms with Crippen molar-refractivity contribution in [3.8, 4) is 0 Å². The Labute approximate surface area is 177 Å². The fourth-order valence-corrected chi connectivity index (χ4v) is 6.28. The van der Waals surface area contributed by atoms with E-state index in [0.29, 0.717) is 17.8 Å². The molecule has 0 unspecified atom stereocenters. The molecular weight excluding hydrogens is 428 g/mol. The Balaban J connectivity index is 1.66. The molecule has 1 N–H and O–H groups in total. The molecule has 1 aliphatic heterocycles. The number of amides is 2. The number of rotatable bonds is 5. The predicted molar refractivity (Wildman–Crippen MR) is 111 cm³/mol. The highest BCUT2D eigenvalue weighted by Crippen LogP contribution is 2.40. The van der Waals surface area contributed by atoms with Crippen molar-refractivity contribution >= 4 is 44.1 Å². The van der Waals surface area contributed by atoms with Gasteiger partial charge in [-0.3, -0.25) is 9.59 Å². The Kier molecular flexibility index (Phi) is 4.94. The summed E-state index contributed by atoms with van der Waals surface area (Å²) in [4.78, 5) is 38.3. The van der Waals surface area contributed by atoms with E-state index in [1.54, 1.807) is 13.8 Å². The van der Waals surface area contributed by atoms with E-state index in [4.69, 9.17) is 4.74 Å². The first kappa shape index (κ1) is 20.5. The first-order valence-electron chi connectivity index (χ1n) is 9.48. The second-order valence-electron chi connectivity index (χ2n) is 7.21. The Morgan fingerprint density at radius 2 is 1.97 bits per heavy atom. The first-order valence-corrected chi connectivity index (χ1v) is 11.7. The maximum absolute atomic E-state index is 12.8. The van der Waals surface area contributed by atoms with Crippen LogP contribution in [0.25, 0.3) is 0 Å². The number of carbonyl (C=O) groups excluding carboxylic acids is 3. The van der Waals surface area contributed by atoms with E-state index in [-0.39, 0.29) is 34.2 Å². The number of anilines is 1. The van der Waals surface area contributed by atoms with E-state index in [1.807, 2.05) is 6.92 Å². The van der Waals surface area contributed by atoms with Crippen LogP contribution in [0.3, 0.4) is 0 Å². The van der Waals surface area contributed by atoms with Crippen LogP contribution in [0.15, 0.2) is 23.1 Å². The smallest absolute Gasteiger partial charge is 0.341 e. The van der Waals surface area contributed by atoms with Crippen LogP contribution < -0.4 is 5.32 Å². The molecule has 158 valence electrons. The zero-order valence-corrected chi connectivity index (χ0v) is 18.3. The van der Waals surface area contributed by atoms with Gasteiger partial charge in [0, 0.05) is 16.5 Å². The van der Waals surface area contributed by atoms with E-state index in [2.05, 4.69) is 5.32 Å². The molecule has 0 radical (unpaired) electrons. The highest BCUT2D eigenvalue weighted by molar-refractivity contribution is 7.90. The van der Waals surface area contributed by atoms with Crippen LogP contribution in [0.2, 0.25) is 0 Å². The monoisotopic (exact) mass is 448 g/mol. The third kappa shape index (κ3) is 3.20. The summed E-state index contributed by atoms with van der Waals surface area (Å²) in [5, 5.41) is 3.03. The molecule has 8 nitrogen and oxygen atoms in total. The molecule has 1 saturated carbocycles. The van der Waals surface area contributed by atoms with Gasteiger partial charge in [-0.15, -0.1) is 11.3 Å². The molecule has 1 fully saturated rings. The van der Waals surface area contributed by atoms with Gasteiger partial charge in [0.05, 0.1) is 17.7 Å². The minimum absolute atomic E-state index is 0.0773. The van der Waals surface area contributed by atoms with Crippen LogP contribution in [0.5, 0.6) is 0 Å². The van der Waals surface area contributed by atoms with Crippen LogP contribution in [-0.4, -0.2) is 43.2 Å². The molecule has 30 heavy (non-hydrogen) atoms. The van der Waals surface area contributed by atoms with Crippen LogP contribution in [0.1, 0.15) is 61.3 Å². The number of ether oxygens (including phenoxy) is 1. The number of sulfonamides is 1. The molecule has 1 aromatic heterocycles. The molecule has 0 bridgehead atoms. The lowest BCUT2D eigenvalue weighted by atomic mass is 10.1. The van der Waals surface area contributed by atoms with Gasteiger partial charge in [0.1, 0.15) is 9.90 Å². The number of hydrogen-bond donors (Lipinski definition) is 1. The Hall–Kier alpha value is -2.72. The number of nitrogens with zero attached hydrogens (tertiary/aromatic N) is 1. The summed E-state index contributed by atoms with van der Waals surface area (Å²) in [6.07, 6.45) is 1.31. The fraction of sp³-hybridized carbons (Fsp3) is 0.350. The maximum atomic E-state index is 12.8. The summed E-state index contributed by atoms with van der Waals surface area (Å²) in [6, 6.07) is 3.70. The Morgan fingerprint density at radius 3 is 2.60 bits per heavy atom. The lowest BCUT2D eigenvalue weighted by Crippen LogP contribution is -2.31. The molecule has 0 spiro atoms. The molecule has 4 rings (SSSR count). The van der Waals surface area contributed by atoms with Crippen LogP contribution in [-0.2, 0) is 14.8 Å². The van der Waals surface area contributed by atoms with Crippen LogP contribution in [0.4, 0.5) is 5.00 Å². The molecule has 10 heteroatoms. The zero-order chi connectivity index (χ0) is 21.8. The van der Waals surface area contributed by atoms with E-state index in [1.165, 1.54) is 29.5 Å². The van der Waals surface area contributed by atoms with Crippen molar-refractivity contribution in [3.63, 3.8) is 0 Å². The average Bonchev–Trinajstić information content (AvgIpc) is 3.43. The molecule has 0 atom stereocenters. The molecule has 1 aromatic carbocycles. The lowest BCUT2D eigenvalue weighted by Gasteiger charge is -2.13. The lowest BCUT2D eigenvalue weighted by molar-refractivity contribution is 0.0527. The number of hydrogen-bond acceptors (Lipinski definition) is 7. The number of aryl methyl sites for hydroxylation is 1. The molecule has 1 aliphatic carbocycles. The largest absolute Gasteiger partial charge is 0.462 e. The van der Waals surface area contributed by atoms with Crippen LogP contribution >= 0.6 is 11.3 Å². The third-order valence-electron chi connectivity index (χ3n) is 5.18. The Morgan fingerprint density at radius 1 is 1.27 bits per heavy atom. The van der Waals surface area contributed by atoms with Gasteiger partial charge in [-0.05, 0) is 57.4 Å². The maximum Gasteiger partial charge on any atom is 0.341 e. The van der Waals surface area contributed by atoms with Crippen molar-refractivity contribution < 1.29 is 27.5 Å². The van der Waals surface area contributed by atoms with Gasteiger partial charge in [-0.1, -0.05) is 0 Å². The summed E-state index contributed by atoms with van der Waals surface area (Å²) >= 11 is 1.24. The molecule has 2 amide bonds. The fourth-order valence-electron chi connectivity index (χ4n) is 3.40. The highest BCUT2D eigenvalue weighted by Gasteiger charge is 2.48. The molecule has 2 heterocycles. The molecule has 2 aliphatic rings. The number of thiophene rings is 1. The SMILES string of the molecule is CCOC(=O)c1c(NC(=O)c2ccc3c(c2)S(=O)(=O)N(C2CC2)C3=O)sc(C)c1C. The number of carbonyl (C=O) groups is 3. The second kappa shape index (κ2) is 7.21. The van der Waals surface area contributed by atoms with E-state index >= 15 is 0 Å². The summed E-state index contributed by atoms with van der Waals surface area (Å²) in [6.45, 7) is 5.50. The Bertz CT molecular complexity index is 1190. The van der Waals surface area contributed by atoms with E-state index in [0.717, 1.165) is 14.7 Å². The number of benzene rings is 1. The standard InChI is InChI=1S/C20H20N2O6S2/c1-4-28-20(25)16-10(2)11(3)29-18(16)21-17(23)12-5-8-14-15(9-12)30(26,27)22(19(14)24)13-6-7-13/h5,8-9,13H,4,6-7H2,1-3H3,(H,21,23). The summed E-state index contributed by atoms with van der Waals surface area (Å²) in [5.41, 5.74) is 1.17. The predicted octanol–water partition coefficient (Wildman–Crippen LogP) is 3.10. The molecular formula is C20H20N2O6S2. The van der Waals surface area contributed by atoms with Crippen molar-refractivity contribution in [2.75, 3.05) is 11.9 Å². The second-order valence-corrected chi connectivity index (χ2v) is 10.2. The highest BCUT2D eigenvalue weighted by atomic mass is 32.2.